The molecule has 6 heteroatoms. The third-order valence-electron chi connectivity index (χ3n) is 1.48. The van der Waals surface area contributed by atoms with Crippen molar-refractivity contribution >= 4 is 22.0 Å². The molecular formula is C7H10BrN3O2. The number of halogens is 1. The quantitative estimate of drug-likeness (QED) is 0.860. The monoisotopic (exact) mass is 247 g/mol. The number of nitrogens with zero attached hydrogens (tertiary/aromatic N) is 2. The highest BCUT2D eigenvalue weighted by Gasteiger charge is 2.02. The minimum Gasteiger partial charge on any atom is -0.449 e. The number of hydrogen-bond acceptors (Lipinski definition) is 3. The van der Waals surface area contributed by atoms with Crippen LogP contribution in [0.3, 0.4) is 0 Å². The SMILES string of the molecule is Cn1nc(CCOC(N)=O)cc1Br. The molecule has 5 nitrogen and oxygen atoms in total. The Balaban J connectivity index is 2.41. The lowest BCUT2D eigenvalue weighted by Gasteiger charge is -1.97. The number of hydrogen-bond donors (Lipinski definition) is 1. The summed E-state index contributed by atoms with van der Waals surface area (Å²) in [5, 5.41) is 4.14. The van der Waals surface area contributed by atoms with Gasteiger partial charge in [0.25, 0.3) is 0 Å². The van der Waals surface area contributed by atoms with Gasteiger partial charge in [-0.15, -0.1) is 0 Å². The first-order valence-electron chi connectivity index (χ1n) is 3.70. The van der Waals surface area contributed by atoms with Crippen LogP contribution in [0.1, 0.15) is 5.69 Å². The summed E-state index contributed by atoms with van der Waals surface area (Å²) in [6, 6.07) is 1.87. The maximum atomic E-state index is 10.2. The van der Waals surface area contributed by atoms with Crippen LogP contribution >= 0.6 is 15.9 Å². The number of carbonyl (C=O) groups excluding carboxylic acids is 1. The average Bonchev–Trinajstić information content (AvgIpc) is 2.30. The summed E-state index contributed by atoms with van der Waals surface area (Å²) in [6.45, 7) is 0.263. The Bertz CT molecular complexity index is 291. The van der Waals surface area contributed by atoms with E-state index in [1.165, 1.54) is 0 Å². The second kappa shape index (κ2) is 4.27. The van der Waals surface area contributed by atoms with Gasteiger partial charge in [-0.3, -0.25) is 4.68 Å². The summed E-state index contributed by atoms with van der Waals surface area (Å²) in [5.41, 5.74) is 5.65. The Morgan fingerprint density at radius 1 is 1.85 bits per heavy atom. The van der Waals surface area contributed by atoms with Crippen LogP contribution in [0, 0.1) is 0 Å². The smallest absolute Gasteiger partial charge is 0.404 e. The molecule has 1 heterocycles. The third-order valence-corrected chi connectivity index (χ3v) is 2.22. The molecule has 13 heavy (non-hydrogen) atoms. The van der Waals surface area contributed by atoms with Crippen LogP contribution < -0.4 is 5.73 Å². The van der Waals surface area contributed by atoms with Crippen LogP contribution in [-0.2, 0) is 18.2 Å². The first kappa shape index (κ1) is 10.0. The van der Waals surface area contributed by atoms with Crippen molar-refractivity contribution in [1.82, 2.24) is 9.78 Å². The van der Waals surface area contributed by atoms with E-state index in [4.69, 9.17) is 5.73 Å². The Morgan fingerprint density at radius 3 is 3.00 bits per heavy atom. The molecule has 0 aromatic carbocycles. The van der Waals surface area contributed by atoms with Gasteiger partial charge in [0.2, 0.25) is 0 Å². The summed E-state index contributed by atoms with van der Waals surface area (Å²) in [7, 11) is 1.82. The molecule has 0 spiro atoms. The van der Waals surface area contributed by atoms with Gasteiger partial charge in [-0.2, -0.15) is 5.10 Å². The van der Waals surface area contributed by atoms with Crippen LogP contribution in [0.4, 0.5) is 4.79 Å². The zero-order valence-corrected chi connectivity index (χ0v) is 8.74. The van der Waals surface area contributed by atoms with Gasteiger partial charge < -0.3 is 10.5 Å². The predicted octanol–water partition coefficient (Wildman–Crippen LogP) is 0.820. The van der Waals surface area contributed by atoms with E-state index in [0.29, 0.717) is 6.42 Å². The van der Waals surface area contributed by atoms with Crippen molar-refractivity contribution < 1.29 is 9.53 Å². The van der Waals surface area contributed by atoms with Gasteiger partial charge in [0.15, 0.2) is 0 Å². The molecule has 1 aromatic rings. The fourth-order valence-electron chi connectivity index (χ4n) is 0.879. The number of aromatic nitrogens is 2. The van der Waals surface area contributed by atoms with Gasteiger partial charge in [0, 0.05) is 13.5 Å². The molecule has 0 atom stereocenters. The van der Waals surface area contributed by atoms with Crippen LogP contribution in [-0.4, -0.2) is 22.5 Å². The zero-order chi connectivity index (χ0) is 9.84. The molecule has 0 fully saturated rings. The van der Waals surface area contributed by atoms with Gasteiger partial charge in [-0.05, 0) is 22.0 Å². The van der Waals surface area contributed by atoms with Gasteiger partial charge in [0.1, 0.15) is 4.60 Å². The van der Waals surface area contributed by atoms with E-state index >= 15 is 0 Å². The van der Waals surface area contributed by atoms with Crippen molar-refractivity contribution in [2.45, 2.75) is 6.42 Å². The molecule has 1 amide bonds. The van der Waals surface area contributed by atoms with Crippen LogP contribution in [0.2, 0.25) is 0 Å². The minimum absolute atomic E-state index is 0.263. The normalized spacial score (nSPS) is 10.0. The highest BCUT2D eigenvalue weighted by molar-refractivity contribution is 9.10. The molecule has 0 unspecified atom stereocenters. The fraction of sp³-hybridized carbons (Fsp3) is 0.429. The molecule has 0 aliphatic rings. The topological polar surface area (TPSA) is 70.1 Å². The lowest BCUT2D eigenvalue weighted by molar-refractivity contribution is 0.158. The average molecular weight is 248 g/mol. The molecule has 0 saturated heterocycles. The molecule has 1 aromatic heterocycles. The Hall–Kier alpha value is -1.04. The number of primary amides is 1. The molecule has 0 aliphatic carbocycles. The molecule has 0 bridgehead atoms. The lowest BCUT2D eigenvalue weighted by atomic mass is 10.3. The van der Waals surface area contributed by atoms with Gasteiger partial charge in [-0.25, -0.2) is 4.79 Å². The maximum Gasteiger partial charge on any atom is 0.404 e. The Kier molecular flexibility index (Phi) is 3.30. The molecular weight excluding hydrogens is 238 g/mol. The van der Waals surface area contributed by atoms with E-state index in [1.807, 2.05) is 13.1 Å². The molecule has 1 rings (SSSR count). The van der Waals surface area contributed by atoms with Crippen molar-refractivity contribution in [3.8, 4) is 0 Å². The van der Waals surface area contributed by atoms with Gasteiger partial charge in [-0.1, -0.05) is 0 Å². The van der Waals surface area contributed by atoms with E-state index in [2.05, 4.69) is 25.8 Å². The van der Waals surface area contributed by atoms with Gasteiger partial charge in [0.05, 0.1) is 12.3 Å². The molecule has 0 aliphatic heterocycles. The van der Waals surface area contributed by atoms with E-state index < -0.39 is 6.09 Å². The zero-order valence-electron chi connectivity index (χ0n) is 7.16. The number of ether oxygens (including phenoxy) is 1. The first-order chi connectivity index (χ1) is 6.09. The molecule has 0 radical (unpaired) electrons. The molecule has 2 N–H and O–H groups in total. The van der Waals surface area contributed by atoms with Crippen LogP contribution in [0.15, 0.2) is 10.7 Å². The summed E-state index contributed by atoms with van der Waals surface area (Å²) < 4.78 is 7.15. The van der Waals surface area contributed by atoms with E-state index in [0.717, 1.165) is 10.3 Å². The molecule has 0 saturated carbocycles. The summed E-state index contributed by atoms with van der Waals surface area (Å²) >= 11 is 3.30. The van der Waals surface area contributed by atoms with Crippen molar-refractivity contribution in [2.24, 2.45) is 12.8 Å². The number of nitrogens with two attached hydrogens (primary N) is 1. The number of rotatable bonds is 3. The maximum absolute atomic E-state index is 10.2. The highest BCUT2D eigenvalue weighted by atomic mass is 79.9. The second-order valence-corrected chi connectivity index (χ2v) is 3.31. The number of aryl methyl sites for hydroxylation is 1. The van der Waals surface area contributed by atoms with Crippen LogP contribution in [0.25, 0.3) is 0 Å². The van der Waals surface area contributed by atoms with Crippen molar-refractivity contribution in [3.05, 3.63) is 16.4 Å². The Labute approximate surface area is 84.0 Å². The standard InChI is InChI=1S/C7H10BrN3O2/c1-11-6(8)4-5(10-11)2-3-13-7(9)12/h4H,2-3H2,1H3,(H2,9,12). The minimum atomic E-state index is -0.755. The largest absolute Gasteiger partial charge is 0.449 e. The molecule has 72 valence electrons. The fourth-order valence-corrected chi connectivity index (χ4v) is 1.22. The highest BCUT2D eigenvalue weighted by Crippen LogP contribution is 2.10. The van der Waals surface area contributed by atoms with Crippen molar-refractivity contribution in [1.29, 1.82) is 0 Å². The Morgan fingerprint density at radius 2 is 2.54 bits per heavy atom. The van der Waals surface area contributed by atoms with E-state index in [1.54, 1.807) is 4.68 Å². The van der Waals surface area contributed by atoms with E-state index in [9.17, 15) is 4.79 Å². The van der Waals surface area contributed by atoms with Gasteiger partial charge >= 0.3 is 6.09 Å². The summed E-state index contributed by atoms with van der Waals surface area (Å²) in [5.74, 6) is 0. The third kappa shape index (κ3) is 3.06. The second-order valence-electron chi connectivity index (χ2n) is 2.50. The summed E-state index contributed by atoms with van der Waals surface area (Å²) in [4.78, 5) is 10.2. The van der Waals surface area contributed by atoms with E-state index in [-0.39, 0.29) is 6.61 Å². The van der Waals surface area contributed by atoms with Crippen molar-refractivity contribution in [3.63, 3.8) is 0 Å². The van der Waals surface area contributed by atoms with Crippen molar-refractivity contribution in [2.75, 3.05) is 6.61 Å². The summed E-state index contributed by atoms with van der Waals surface area (Å²) in [6.07, 6.45) is -0.183. The lowest BCUT2D eigenvalue weighted by Crippen LogP contribution is -2.14. The number of carbonyl (C=O) groups is 1. The van der Waals surface area contributed by atoms with Crippen LogP contribution in [0.5, 0.6) is 0 Å². The first-order valence-corrected chi connectivity index (χ1v) is 4.49. The predicted molar refractivity (Wildman–Crippen MR) is 50.1 cm³/mol. The number of amides is 1.